The normalized spacial score (nSPS) is 14.8. The highest BCUT2D eigenvalue weighted by Gasteiger charge is 2.43. The second-order valence-electron chi connectivity index (χ2n) is 6.52. The van der Waals surface area contributed by atoms with Gasteiger partial charge in [-0.3, -0.25) is 4.79 Å². The number of rotatable bonds is 6. The highest BCUT2D eigenvalue weighted by Crippen LogP contribution is 2.41. The van der Waals surface area contributed by atoms with Gasteiger partial charge in [0.2, 0.25) is 0 Å². The summed E-state index contributed by atoms with van der Waals surface area (Å²) in [6.45, 7) is 14.9. The quantitative estimate of drug-likeness (QED) is 0.389. The molecule has 2 nitrogen and oxygen atoms in total. The number of unbranched alkanes of at least 4 members (excludes halogenated alkanes) is 2. The first kappa shape index (κ1) is 17.2. The molecule has 0 saturated carbocycles. The molecule has 0 N–H and O–H groups in total. The van der Waals surface area contributed by atoms with Crippen LogP contribution in [0.25, 0.3) is 0 Å². The zero-order chi connectivity index (χ0) is 14.4. The lowest BCUT2D eigenvalue weighted by atomic mass is 9.67. The summed E-state index contributed by atoms with van der Waals surface area (Å²) in [7, 11) is 0. The molecule has 0 aliphatic carbocycles. The SMILES string of the molecule is CCCCCOC(=O)C(C)(C=C(C)C)C(C)(C)C. The lowest BCUT2D eigenvalue weighted by molar-refractivity contribution is -0.157. The average molecular weight is 254 g/mol. The van der Waals surface area contributed by atoms with Crippen LogP contribution in [0.3, 0.4) is 0 Å². The van der Waals surface area contributed by atoms with Gasteiger partial charge in [0.05, 0.1) is 12.0 Å². The van der Waals surface area contributed by atoms with Crippen molar-refractivity contribution in [2.75, 3.05) is 6.61 Å². The molecule has 0 rings (SSSR count). The van der Waals surface area contributed by atoms with Gasteiger partial charge in [0.15, 0.2) is 0 Å². The molecule has 0 radical (unpaired) electrons. The van der Waals surface area contributed by atoms with E-state index in [1.807, 2.05) is 26.8 Å². The lowest BCUT2D eigenvalue weighted by Gasteiger charge is -2.37. The molecule has 0 aromatic carbocycles. The maximum absolute atomic E-state index is 12.3. The van der Waals surface area contributed by atoms with E-state index in [1.165, 1.54) is 0 Å². The molecule has 1 unspecified atom stereocenters. The Bertz CT molecular complexity index is 293. The molecule has 106 valence electrons. The van der Waals surface area contributed by atoms with Gasteiger partial charge in [0.25, 0.3) is 0 Å². The first-order chi connectivity index (χ1) is 8.15. The van der Waals surface area contributed by atoms with E-state index in [1.54, 1.807) is 0 Å². The predicted molar refractivity (Wildman–Crippen MR) is 77.5 cm³/mol. The van der Waals surface area contributed by atoms with Crippen LogP contribution in [-0.2, 0) is 9.53 Å². The average Bonchev–Trinajstić information content (AvgIpc) is 2.21. The van der Waals surface area contributed by atoms with Crippen LogP contribution in [0.1, 0.15) is 67.7 Å². The van der Waals surface area contributed by atoms with Crippen molar-refractivity contribution in [2.24, 2.45) is 10.8 Å². The first-order valence-electron chi connectivity index (χ1n) is 6.98. The van der Waals surface area contributed by atoms with Crippen LogP contribution >= 0.6 is 0 Å². The number of carbonyl (C=O) groups excluding carboxylic acids is 1. The fourth-order valence-corrected chi connectivity index (χ4v) is 1.83. The van der Waals surface area contributed by atoms with Crippen molar-refractivity contribution >= 4 is 5.97 Å². The van der Waals surface area contributed by atoms with E-state index in [0.29, 0.717) is 6.61 Å². The molecular formula is C16H30O2. The molecule has 0 spiro atoms. The molecule has 0 amide bonds. The minimum absolute atomic E-state index is 0.104. The molecule has 18 heavy (non-hydrogen) atoms. The van der Waals surface area contributed by atoms with E-state index < -0.39 is 5.41 Å². The number of allylic oxidation sites excluding steroid dienone is 1. The van der Waals surface area contributed by atoms with E-state index in [2.05, 4.69) is 27.7 Å². The number of carbonyl (C=O) groups is 1. The van der Waals surface area contributed by atoms with E-state index in [0.717, 1.165) is 24.8 Å². The van der Waals surface area contributed by atoms with Gasteiger partial charge in [0.1, 0.15) is 0 Å². The van der Waals surface area contributed by atoms with E-state index in [4.69, 9.17) is 4.74 Å². The fourth-order valence-electron chi connectivity index (χ4n) is 1.83. The van der Waals surface area contributed by atoms with Crippen LogP contribution in [0, 0.1) is 10.8 Å². The van der Waals surface area contributed by atoms with Gasteiger partial charge in [-0.05, 0) is 32.6 Å². The number of esters is 1. The Morgan fingerprint density at radius 2 is 1.67 bits per heavy atom. The van der Waals surface area contributed by atoms with E-state index in [-0.39, 0.29) is 11.4 Å². The van der Waals surface area contributed by atoms with E-state index in [9.17, 15) is 4.79 Å². The van der Waals surface area contributed by atoms with E-state index >= 15 is 0 Å². The Hall–Kier alpha value is -0.790. The molecule has 0 aliphatic rings. The Labute approximate surface area is 113 Å². The molecule has 0 saturated heterocycles. The summed E-state index contributed by atoms with van der Waals surface area (Å²) < 4.78 is 5.45. The largest absolute Gasteiger partial charge is 0.465 e. The Morgan fingerprint density at radius 1 is 1.11 bits per heavy atom. The van der Waals surface area contributed by atoms with Crippen molar-refractivity contribution < 1.29 is 9.53 Å². The standard InChI is InChI=1S/C16H30O2/c1-8-9-10-11-18-14(17)16(7,12-13(2)3)15(4,5)6/h12H,8-11H2,1-7H3. The number of hydrogen-bond acceptors (Lipinski definition) is 2. The van der Waals surface area contributed by atoms with Gasteiger partial charge in [-0.2, -0.15) is 0 Å². The molecule has 1 atom stereocenters. The lowest BCUT2D eigenvalue weighted by Crippen LogP contribution is -2.40. The second-order valence-corrected chi connectivity index (χ2v) is 6.52. The third kappa shape index (κ3) is 4.83. The summed E-state index contributed by atoms with van der Waals surface area (Å²) in [5.74, 6) is -0.104. The van der Waals surface area contributed by atoms with Crippen LogP contribution in [0.5, 0.6) is 0 Å². The minimum Gasteiger partial charge on any atom is -0.465 e. The number of ether oxygens (including phenoxy) is 1. The molecule has 2 heteroatoms. The van der Waals surface area contributed by atoms with Crippen LogP contribution in [0.2, 0.25) is 0 Å². The second kappa shape index (κ2) is 6.96. The maximum atomic E-state index is 12.3. The highest BCUT2D eigenvalue weighted by molar-refractivity contribution is 5.79. The van der Waals surface area contributed by atoms with Gasteiger partial charge < -0.3 is 4.74 Å². The van der Waals surface area contributed by atoms with Crippen LogP contribution in [0.15, 0.2) is 11.6 Å². The van der Waals surface area contributed by atoms with Crippen molar-refractivity contribution in [3.8, 4) is 0 Å². The van der Waals surface area contributed by atoms with Crippen molar-refractivity contribution in [1.82, 2.24) is 0 Å². The summed E-state index contributed by atoms with van der Waals surface area (Å²) in [4.78, 5) is 12.3. The first-order valence-corrected chi connectivity index (χ1v) is 6.98. The van der Waals surface area contributed by atoms with Crippen LogP contribution in [0.4, 0.5) is 0 Å². The molecular weight excluding hydrogens is 224 g/mol. The Balaban J connectivity index is 4.79. The predicted octanol–water partition coefficient (Wildman–Crippen LogP) is 4.74. The van der Waals surface area contributed by atoms with Gasteiger partial charge in [-0.1, -0.05) is 52.2 Å². The van der Waals surface area contributed by atoms with Crippen molar-refractivity contribution in [3.63, 3.8) is 0 Å². The van der Waals surface area contributed by atoms with Crippen molar-refractivity contribution in [3.05, 3.63) is 11.6 Å². The summed E-state index contributed by atoms with van der Waals surface area (Å²) >= 11 is 0. The summed E-state index contributed by atoms with van der Waals surface area (Å²) in [5.41, 5.74) is 0.447. The van der Waals surface area contributed by atoms with Gasteiger partial charge in [-0.25, -0.2) is 0 Å². The zero-order valence-electron chi connectivity index (χ0n) is 13.2. The molecule has 0 aromatic rings. The third-order valence-corrected chi connectivity index (χ3v) is 3.54. The summed E-state index contributed by atoms with van der Waals surface area (Å²) in [5, 5.41) is 0. The topological polar surface area (TPSA) is 26.3 Å². The van der Waals surface area contributed by atoms with Crippen molar-refractivity contribution in [2.45, 2.75) is 67.7 Å². The molecule has 0 heterocycles. The van der Waals surface area contributed by atoms with Gasteiger partial charge >= 0.3 is 5.97 Å². The molecule has 0 bridgehead atoms. The summed E-state index contributed by atoms with van der Waals surface area (Å²) in [6.07, 6.45) is 5.25. The summed E-state index contributed by atoms with van der Waals surface area (Å²) in [6, 6.07) is 0. The minimum atomic E-state index is -0.557. The van der Waals surface area contributed by atoms with Crippen molar-refractivity contribution in [1.29, 1.82) is 0 Å². The fraction of sp³-hybridized carbons (Fsp3) is 0.812. The van der Waals surface area contributed by atoms with Crippen LogP contribution in [-0.4, -0.2) is 12.6 Å². The number of hydrogen-bond donors (Lipinski definition) is 0. The highest BCUT2D eigenvalue weighted by atomic mass is 16.5. The molecule has 0 aliphatic heterocycles. The maximum Gasteiger partial charge on any atom is 0.316 e. The third-order valence-electron chi connectivity index (χ3n) is 3.54. The molecule has 0 fully saturated rings. The Morgan fingerprint density at radius 3 is 2.06 bits per heavy atom. The Kier molecular flexibility index (Phi) is 6.66. The monoisotopic (exact) mass is 254 g/mol. The zero-order valence-corrected chi connectivity index (χ0v) is 13.2. The van der Waals surface area contributed by atoms with Gasteiger partial charge in [-0.15, -0.1) is 0 Å². The van der Waals surface area contributed by atoms with Gasteiger partial charge in [0, 0.05) is 0 Å². The smallest absolute Gasteiger partial charge is 0.316 e. The molecule has 0 aromatic heterocycles. The van der Waals surface area contributed by atoms with Crippen LogP contribution < -0.4 is 0 Å².